The maximum absolute atomic E-state index is 5.63. The van der Waals surface area contributed by atoms with E-state index in [9.17, 15) is 0 Å². The Morgan fingerprint density at radius 3 is 2.68 bits per heavy atom. The van der Waals surface area contributed by atoms with Gasteiger partial charge in [-0.3, -0.25) is 0 Å². The van der Waals surface area contributed by atoms with Crippen molar-refractivity contribution < 1.29 is 4.74 Å². The van der Waals surface area contributed by atoms with Gasteiger partial charge in [-0.2, -0.15) is 0 Å². The van der Waals surface area contributed by atoms with E-state index in [4.69, 9.17) is 4.74 Å². The van der Waals surface area contributed by atoms with Crippen LogP contribution in [0.4, 0.5) is 5.69 Å². The number of nitrogens with one attached hydrogen (secondary N) is 1. The summed E-state index contributed by atoms with van der Waals surface area (Å²) in [4.78, 5) is 2.33. The molecule has 1 aromatic rings. The lowest BCUT2D eigenvalue weighted by Crippen LogP contribution is -2.41. The molecule has 1 heterocycles. The van der Waals surface area contributed by atoms with E-state index in [1.54, 1.807) is 0 Å². The van der Waals surface area contributed by atoms with Crippen LogP contribution in [-0.4, -0.2) is 39.4 Å². The predicted octanol–water partition coefficient (Wildman–Crippen LogP) is 2.45. The summed E-state index contributed by atoms with van der Waals surface area (Å²) in [5, 5.41) is 3.60. The average molecular weight is 262 g/mol. The summed E-state index contributed by atoms with van der Waals surface area (Å²) >= 11 is 0. The lowest BCUT2D eigenvalue weighted by atomic mass is 10.0. The SMILES string of the molecule is CCCNC1COCC1CN(C)c1ccc(C)cc1. The molecule has 106 valence electrons. The van der Waals surface area contributed by atoms with Crippen molar-refractivity contribution in [3.63, 3.8) is 0 Å². The van der Waals surface area contributed by atoms with Gasteiger partial charge in [0.05, 0.1) is 13.2 Å². The second-order valence-corrected chi connectivity index (χ2v) is 5.57. The van der Waals surface area contributed by atoms with Gasteiger partial charge in [0.15, 0.2) is 0 Å². The molecule has 2 rings (SSSR count). The largest absolute Gasteiger partial charge is 0.379 e. The van der Waals surface area contributed by atoms with E-state index in [1.807, 2.05) is 0 Å². The van der Waals surface area contributed by atoms with Crippen LogP contribution in [0.15, 0.2) is 24.3 Å². The van der Waals surface area contributed by atoms with Crippen LogP contribution in [0.3, 0.4) is 0 Å². The van der Waals surface area contributed by atoms with E-state index in [0.717, 1.165) is 26.3 Å². The monoisotopic (exact) mass is 262 g/mol. The molecule has 3 nitrogen and oxygen atoms in total. The molecule has 0 bridgehead atoms. The zero-order valence-corrected chi connectivity index (χ0v) is 12.4. The van der Waals surface area contributed by atoms with Crippen molar-refractivity contribution >= 4 is 5.69 Å². The Balaban J connectivity index is 1.90. The van der Waals surface area contributed by atoms with Crippen LogP contribution in [0.25, 0.3) is 0 Å². The van der Waals surface area contributed by atoms with Gasteiger partial charge in [0.25, 0.3) is 0 Å². The highest BCUT2D eigenvalue weighted by atomic mass is 16.5. The zero-order chi connectivity index (χ0) is 13.7. The van der Waals surface area contributed by atoms with E-state index in [1.165, 1.54) is 17.7 Å². The molecular formula is C16H26N2O. The lowest BCUT2D eigenvalue weighted by molar-refractivity contribution is 0.183. The third-order valence-electron chi connectivity index (χ3n) is 3.84. The Bertz CT molecular complexity index is 377. The molecule has 0 aliphatic carbocycles. The summed E-state index contributed by atoms with van der Waals surface area (Å²) in [6, 6.07) is 9.24. The van der Waals surface area contributed by atoms with Gasteiger partial charge in [-0.1, -0.05) is 24.6 Å². The number of hydrogen-bond donors (Lipinski definition) is 1. The van der Waals surface area contributed by atoms with Crippen molar-refractivity contribution in [2.45, 2.75) is 26.3 Å². The van der Waals surface area contributed by atoms with Crippen molar-refractivity contribution in [2.75, 3.05) is 38.3 Å². The maximum atomic E-state index is 5.63. The molecule has 0 spiro atoms. The van der Waals surface area contributed by atoms with Crippen LogP contribution in [0.5, 0.6) is 0 Å². The zero-order valence-electron chi connectivity index (χ0n) is 12.4. The molecule has 0 amide bonds. The Morgan fingerprint density at radius 1 is 1.26 bits per heavy atom. The van der Waals surface area contributed by atoms with Gasteiger partial charge in [-0.05, 0) is 32.0 Å². The van der Waals surface area contributed by atoms with Gasteiger partial charge in [-0.15, -0.1) is 0 Å². The highest BCUT2D eigenvalue weighted by Gasteiger charge is 2.28. The second kappa shape index (κ2) is 6.92. The number of aryl methyl sites for hydroxylation is 1. The second-order valence-electron chi connectivity index (χ2n) is 5.57. The van der Waals surface area contributed by atoms with Gasteiger partial charge < -0.3 is 15.0 Å². The molecule has 1 fully saturated rings. The molecule has 1 aromatic carbocycles. The number of rotatable bonds is 6. The van der Waals surface area contributed by atoms with Crippen LogP contribution < -0.4 is 10.2 Å². The third kappa shape index (κ3) is 3.95. The van der Waals surface area contributed by atoms with Crippen LogP contribution >= 0.6 is 0 Å². The standard InChI is InChI=1S/C16H26N2O/c1-4-9-17-16-12-19-11-14(16)10-18(3)15-7-5-13(2)6-8-15/h5-8,14,16-17H,4,9-12H2,1-3H3. The van der Waals surface area contributed by atoms with Gasteiger partial charge in [0.1, 0.15) is 0 Å². The molecule has 1 saturated heterocycles. The molecular weight excluding hydrogens is 236 g/mol. The highest BCUT2D eigenvalue weighted by Crippen LogP contribution is 2.19. The van der Waals surface area contributed by atoms with Crippen LogP contribution in [0, 0.1) is 12.8 Å². The summed E-state index contributed by atoms with van der Waals surface area (Å²) in [6.07, 6.45) is 1.18. The minimum Gasteiger partial charge on any atom is -0.379 e. The number of benzene rings is 1. The molecule has 0 saturated carbocycles. The molecule has 2 unspecified atom stereocenters. The van der Waals surface area contributed by atoms with Gasteiger partial charge >= 0.3 is 0 Å². The number of nitrogens with zero attached hydrogens (tertiary/aromatic N) is 1. The first kappa shape index (κ1) is 14.4. The molecule has 19 heavy (non-hydrogen) atoms. The molecule has 1 aliphatic rings. The Morgan fingerprint density at radius 2 is 2.00 bits per heavy atom. The van der Waals surface area contributed by atoms with Gasteiger partial charge in [-0.25, -0.2) is 0 Å². The molecule has 1 aliphatic heterocycles. The van der Waals surface area contributed by atoms with E-state index < -0.39 is 0 Å². The van der Waals surface area contributed by atoms with E-state index in [0.29, 0.717) is 12.0 Å². The van der Waals surface area contributed by atoms with Crippen LogP contribution in [0.2, 0.25) is 0 Å². The normalized spacial score (nSPS) is 22.7. The molecule has 1 N–H and O–H groups in total. The van der Waals surface area contributed by atoms with Crippen molar-refractivity contribution in [3.8, 4) is 0 Å². The van der Waals surface area contributed by atoms with Crippen molar-refractivity contribution in [1.29, 1.82) is 0 Å². The minimum atomic E-state index is 0.507. The van der Waals surface area contributed by atoms with Crippen molar-refractivity contribution in [1.82, 2.24) is 5.32 Å². The number of hydrogen-bond acceptors (Lipinski definition) is 3. The minimum absolute atomic E-state index is 0.507. The Hall–Kier alpha value is -1.06. The van der Waals surface area contributed by atoms with Crippen LogP contribution in [0.1, 0.15) is 18.9 Å². The lowest BCUT2D eigenvalue weighted by Gasteiger charge is -2.26. The Kier molecular flexibility index (Phi) is 5.23. The van der Waals surface area contributed by atoms with Gasteiger partial charge in [0.2, 0.25) is 0 Å². The molecule has 0 aromatic heterocycles. The van der Waals surface area contributed by atoms with E-state index in [2.05, 4.69) is 55.4 Å². The fourth-order valence-corrected chi connectivity index (χ4v) is 2.59. The van der Waals surface area contributed by atoms with Crippen molar-refractivity contribution in [2.24, 2.45) is 5.92 Å². The summed E-state index contributed by atoms with van der Waals surface area (Å²) < 4.78 is 5.63. The summed E-state index contributed by atoms with van der Waals surface area (Å²) in [6.45, 7) is 8.18. The number of anilines is 1. The van der Waals surface area contributed by atoms with Crippen LogP contribution in [-0.2, 0) is 4.74 Å². The summed E-state index contributed by atoms with van der Waals surface area (Å²) in [5.74, 6) is 0.581. The van der Waals surface area contributed by atoms with Gasteiger partial charge in [0, 0.05) is 31.2 Å². The summed E-state index contributed by atoms with van der Waals surface area (Å²) in [5.41, 5.74) is 2.59. The highest BCUT2D eigenvalue weighted by molar-refractivity contribution is 5.46. The quantitative estimate of drug-likeness (QED) is 0.852. The first-order valence-electron chi connectivity index (χ1n) is 7.29. The predicted molar refractivity (Wildman–Crippen MR) is 80.8 cm³/mol. The van der Waals surface area contributed by atoms with E-state index >= 15 is 0 Å². The smallest absolute Gasteiger partial charge is 0.0624 e. The maximum Gasteiger partial charge on any atom is 0.0624 e. The first-order valence-corrected chi connectivity index (χ1v) is 7.29. The molecule has 0 radical (unpaired) electrons. The summed E-state index contributed by atoms with van der Waals surface area (Å²) in [7, 11) is 2.17. The third-order valence-corrected chi connectivity index (χ3v) is 3.84. The Labute approximate surface area is 116 Å². The first-order chi connectivity index (χ1) is 9.20. The van der Waals surface area contributed by atoms with E-state index in [-0.39, 0.29) is 0 Å². The topological polar surface area (TPSA) is 24.5 Å². The fourth-order valence-electron chi connectivity index (χ4n) is 2.59. The fraction of sp³-hybridized carbons (Fsp3) is 0.625. The van der Waals surface area contributed by atoms with Crippen molar-refractivity contribution in [3.05, 3.63) is 29.8 Å². The average Bonchev–Trinajstić information content (AvgIpc) is 2.84. The molecule has 2 atom stereocenters. The number of ether oxygens (including phenoxy) is 1. The molecule has 3 heteroatoms.